The monoisotopic (exact) mass is 252 g/mol. The standard InChI is InChI=1S/C10H20N2O3.ClH/c1-10(2,9(14)15-3)7-12-8(13)5-4-6-11;/h4-7,11H2,1-3H3,(H,12,13);1H. The number of rotatable bonds is 6. The van der Waals surface area contributed by atoms with Gasteiger partial charge in [0.25, 0.3) is 0 Å². The normalized spacial score (nSPS) is 10.2. The van der Waals surface area contributed by atoms with Gasteiger partial charge in [-0.2, -0.15) is 0 Å². The lowest BCUT2D eigenvalue weighted by atomic mass is 9.94. The van der Waals surface area contributed by atoms with Crippen LogP contribution in [0.3, 0.4) is 0 Å². The number of ether oxygens (including phenoxy) is 1. The van der Waals surface area contributed by atoms with Gasteiger partial charge >= 0.3 is 5.97 Å². The van der Waals surface area contributed by atoms with E-state index in [2.05, 4.69) is 10.1 Å². The van der Waals surface area contributed by atoms with Crippen molar-refractivity contribution >= 4 is 24.3 Å². The van der Waals surface area contributed by atoms with E-state index in [4.69, 9.17) is 5.73 Å². The fraction of sp³-hybridized carbons (Fsp3) is 0.800. The molecule has 0 rings (SSSR count). The number of carbonyl (C=O) groups excluding carboxylic acids is 2. The Kier molecular flexibility index (Phi) is 9.18. The summed E-state index contributed by atoms with van der Waals surface area (Å²) < 4.78 is 4.62. The van der Waals surface area contributed by atoms with Gasteiger partial charge in [0.1, 0.15) is 0 Å². The predicted molar refractivity (Wildman–Crippen MR) is 64.3 cm³/mol. The molecule has 6 heteroatoms. The van der Waals surface area contributed by atoms with Gasteiger partial charge in [-0.1, -0.05) is 0 Å². The zero-order valence-electron chi connectivity index (χ0n) is 10.0. The number of carbonyl (C=O) groups is 2. The topological polar surface area (TPSA) is 81.4 Å². The van der Waals surface area contributed by atoms with Gasteiger partial charge in [-0.3, -0.25) is 9.59 Å². The Morgan fingerprint density at radius 3 is 2.38 bits per heavy atom. The molecule has 0 spiro atoms. The average molecular weight is 253 g/mol. The van der Waals surface area contributed by atoms with Crippen LogP contribution in [0.4, 0.5) is 0 Å². The van der Waals surface area contributed by atoms with Crippen LogP contribution in [0.25, 0.3) is 0 Å². The second-order valence-electron chi connectivity index (χ2n) is 4.04. The first kappa shape index (κ1) is 17.6. The van der Waals surface area contributed by atoms with E-state index in [0.717, 1.165) is 0 Å². The molecule has 3 N–H and O–H groups in total. The Hall–Kier alpha value is -0.810. The molecule has 96 valence electrons. The largest absolute Gasteiger partial charge is 0.469 e. The first-order valence-corrected chi connectivity index (χ1v) is 4.99. The molecule has 0 bridgehead atoms. The molecular weight excluding hydrogens is 232 g/mol. The van der Waals surface area contributed by atoms with Crippen LogP contribution in [0.5, 0.6) is 0 Å². The second-order valence-corrected chi connectivity index (χ2v) is 4.04. The molecule has 0 aromatic heterocycles. The van der Waals surface area contributed by atoms with E-state index in [0.29, 0.717) is 19.4 Å². The molecule has 0 atom stereocenters. The molecule has 0 fully saturated rings. The van der Waals surface area contributed by atoms with Gasteiger partial charge in [-0.05, 0) is 26.8 Å². The van der Waals surface area contributed by atoms with Crippen molar-refractivity contribution in [3.05, 3.63) is 0 Å². The highest BCUT2D eigenvalue weighted by atomic mass is 35.5. The van der Waals surface area contributed by atoms with Crippen molar-refractivity contribution in [3.8, 4) is 0 Å². The van der Waals surface area contributed by atoms with E-state index >= 15 is 0 Å². The molecule has 0 heterocycles. The fourth-order valence-corrected chi connectivity index (χ4v) is 1.02. The van der Waals surface area contributed by atoms with Crippen LogP contribution in [-0.4, -0.2) is 32.1 Å². The molecule has 16 heavy (non-hydrogen) atoms. The predicted octanol–water partition coefficient (Wildman–Crippen LogP) is 0.462. The minimum absolute atomic E-state index is 0. The van der Waals surface area contributed by atoms with Crippen LogP contribution < -0.4 is 11.1 Å². The zero-order valence-corrected chi connectivity index (χ0v) is 10.9. The quantitative estimate of drug-likeness (QED) is 0.673. The maximum Gasteiger partial charge on any atom is 0.313 e. The van der Waals surface area contributed by atoms with Crippen LogP contribution in [0.2, 0.25) is 0 Å². The summed E-state index contributed by atoms with van der Waals surface area (Å²) in [5, 5.41) is 2.68. The van der Waals surface area contributed by atoms with E-state index in [9.17, 15) is 9.59 Å². The number of halogens is 1. The minimum atomic E-state index is -0.687. The number of amides is 1. The van der Waals surface area contributed by atoms with Gasteiger partial charge in [0.15, 0.2) is 0 Å². The summed E-state index contributed by atoms with van der Waals surface area (Å²) >= 11 is 0. The van der Waals surface area contributed by atoms with E-state index in [1.165, 1.54) is 7.11 Å². The lowest BCUT2D eigenvalue weighted by Gasteiger charge is -2.21. The lowest BCUT2D eigenvalue weighted by Crippen LogP contribution is -2.39. The smallest absolute Gasteiger partial charge is 0.313 e. The third-order valence-electron chi connectivity index (χ3n) is 2.07. The number of nitrogens with two attached hydrogens (primary N) is 1. The van der Waals surface area contributed by atoms with E-state index in [1.54, 1.807) is 13.8 Å². The number of methoxy groups -OCH3 is 1. The highest BCUT2D eigenvalue weighted by Gasteiger charge is 2.28. The molecule has 5 nitrogen and oxygen atoms in total. The summed E-state index contributed by atoms with van der Waals surface area (Å²) in [6.45, 7) is 4.22. The molecule has 0 aliphatic carbocycles. The molecule has 0 radical (unpaired) electrons. The molecule has 1 amide bonds. The summed E-state index contributed by atoms with van der Waals surface area (Å²) in [5.41, 5.74) is 4.59. The van der Waals surface area contributed by atoms with Crippen molar-refractivity contribution in [2.75, 3.05) is 20.2 Å². The van der Waals surface area contributed by atoms with E-state index < -0.39 is 5.41 Å². The molecule has 0 aliphatic rings. The molecule has 0 aromatic carbocycles. The SMILES string of the molecule is COC(=O)C(C)(C)CNC(=O)CCCN.Cl. The Morgan fingerprint density at radius 2 is 1.94 bits per heavy atom. The van der Waals surface area contributed by atoms with Gasteiger partial charge in [0.05, 0.1) is 12.5 Å². The number of hydrogen-bond acceptors (Lipinski definition) is 4. The van der Waals surface area contributed by atoms with Crippen LogP contribution in [0.1, 0.15) is 26.7 Å². The van der Waals surface area contributed by atoms with Crippen LogP contribution in [-0.2, 0) is 14.3 Å². The van der Waals surface area contributed by atoms with Crippen molar-refractivity contribution in [2.45, 2.75) is 26.7 Å². The van der Waals surface area contributed by atoms with Crippen LogP contribution in [0.15, 0.2) is 0 Å². The van der Waals surface area contributed by atoms with Crippen LogP contribution in [0, 0.1) is 5.41 Å². The summed E-state index contributed by atoms with van der Waals surface area (Å²) in [6.07, 6.45) is 1.05. The van der Waals surface area contributed by atoms with Gasteiger partial charge in [0, 0.05) is 13.0 Å². The maximum absolute atomic E-state index is 11.3. The van der Waals surface area contributed by atoms with Crippen molar-refractivity contribution < 1.29 is 14.3 Å². The third-order valence-corrected chi connectivity index (χ3v) is 2.07. The Labute approximate surface area is 103 Å². The Morgan fingerprint density at radius 1 is 1.38 bits per heavy atom. The molecular formula is C10H21ClN2O3. The van der Waals surface area contributed by atoms with Gasteiger partial charge in [0.2, 0.25) is 5.91 Å². The van der Waals surface area contributed by atoms with Crippen molar-refractivity contribution in [1.82, 2.24) is 5.32 Å². The summed E-state index contributed by atoms with van der Waals surface area (Å²) in [6, 6.07) is 0. The van der Waals surface area contributed by atoms with Gasteiger partial charge in [-0.15, -0.1) is 12.4 Å². The number of hydrogen-bond donors (Lipinski definition) is 2. The molecule has 0 saturated carbocycles. The molecule has 0 aliphatic heterocycles. The number of esters is 1. The Bertz CT molecular complexity index is 232. The molecule has 0 aromatic rings. The van der Waals surface area contributed by atoms with Gasteiger partial charge < -0.3 is 15.8 Å². The van der Waals surface area contributed by atoms with Crippen molar-refractivity contribution in [3.63, 3.8) is 0 Å². The summed E-state index contributed by atoms with van der Waals surface area (Å²) in [7, 11) is 1.33. The average Bonchev–Trinajstić information content (AvgIpc) is 2.22. The minimum Gasteiger partial charge on any atom is -0.469 e. The number of nitrogens with one attached hydrogen (secondary N) is 1. The lowest BCUT2D eigenvalue weighted by molar-refractivity contribution is -0.150. The highest BCUT2D eigenvalue weighted by molar-refractivity contribution is 5.85. The maximum atomic E-state index is 11.3. The molecule has 0 unspecified atom stereocenters. The first-order chi connectivity index (χ1) is 6.94. The first-order valence-electron chi connectivity index (χ1n) is 4.99. The van der Waals surface area contributed by atoms with Crippen molar-refractivity contribution in [2.24, 2.45) is 11.1 Å². The molecule has 0 saturated heterocycles. The summed E-state index contributed by atoms with van der Waals surface area (Å²) in [5.74, 6) is -0.418. The Balaban J connectivity index is 0. The highest BCUT2D eigenvalue weighted by Crippen LogP contribution is 2.15. The van der Waals surface area contributed by atoms with E-state index in [1.807, 2.05) is 0 Å². The fourth-order valence-electron chi connectivity index (χ4n) is 1.02. The summed E-state index contributed by atoms with van der Waals surface area (Å²) in [4.78, 5) is 22.5. The van der Waals surface area contributed by atoms with Gasteiger partial charge in [-0.25, -0.2) is 0 Å². The second kappa shape index (κ2) is 8.35. The zero-order chi connectivity index (χ0) is 11.9. The van der Waals surface area contributed by atoms with Crippen molar-refractivity contribution in [1.29, 1.82) is 0 Å². The van der Waals surface area contributed by atoms with E-state index in [-0.39, 0.29) is 30.8 Å². The van der Waals surface area contributed by atoms with Crippen LogP contribution >= 0.6 is 12.4 Å². The third kappa shape index (κ3) is 6.63.